The van der Waals surface area contributed by atoms with E-state index in [1.165, 1.54) is 54.7 Å². The van der Waals surface area contributed by atoms with Crippen LogP contribution in [0.15, 0.2) is 261 Å². The van der Waals surface area contributed by atoms with Crippen LogP contribution in [0, 0.1) is 0 Å². The summed E-state index contributed by atoms with van der Waals surface area (Å²) in [5.41, 5.74) is 20.4. The van der Waals surface area contributed by atoms with Gasteiger partial charge >= 0.3 is 0 Å². The van der Waals surface area contributed by atoms with Crippen LogP contribution in [0.25, 0.3) is 122 Å². The predicted molar refractivity (Wildman–Crippen MR) is 286 cm³/mol. The minimum Gasteiger partial charge on any atom is -0.309 e. The molecule has 3 nitrogen and oxygen atoms in total. The molecule has 0 amide bonds. The summed E-state index contributed by atoms with van der Waals surface area (Å²) in [6.45, 7) is 0. The summed E-state index contributed by atoms with van der Waals surface area (Å²) < 4.78 is 4.76. The first kappa shape index (κ1) is 39.3. The number of fused-ring (bicyclic) bond motifs is 6. The number of nitrogens with zero attached hydrogens (tertiary/aromatic N) is 3. The highest BCUT2D eigenvalue weighted by molar-refractivity contribution is 6.10. The van der Waals surface area contributed by atoms with Crippen LogP contribution in [-0.2, 0) is 0 Å². The second kappa shape index (κ2) is 16.4. The van der Waals surface area contributed by atoms with Gasteiger partial charge in [0.15, 0.2) is 0 Å². The third-order valence-electron chi connectivity index (χ3n) is 13.5. The molecule has 0 fully saturated rings. The number of hydrogen-bond acceptors (Lipinski definition) is 1. The molecule has 0 atom stereocenters. The van der Waals surface area contributed by atoms with Crippen molar-refractivity contribution in [2.45, 2.75) is 0 Å². The van der Waals surface area contributed by atoms with Gasteiger partial charge < -0.3 is 9.13 Å². The maximum atomic E-state index is 5.39. The van der Waals surface area contributed by atoms with Gasteiger partial charge in [-0.3, -0.25) is 0 Å². The molecule has 0 aliphatic carbocycles. The number of benzene rings is 10. The van der Waals surface area contributed by atoms with E-state index in [1.807, 2.05) is 0 Å². The Morgan fingerprint density at radius 2 is 0.515 bits per heavy atom. The number of hydrogen-bond donors (Lipinski definition) is 0. The van der Waals surface area contributed by atoms with E-state index < -0.39 is 0 Å². The summed E-state index contributed by atoms with van der Waals surface area (Å²) in [7, 11) is 0. The van der Waals surface area contributed by atoms with Crippen LogP contribution in [-0.4, -0.2) is 14.1 Å². The Morgan fingerprint density at radius 1 is 0.206 bits per heavy atom. The zero-order chi connectivity index (χ0) is 45.0. The monoisotopic (exact) mass is 865 g/mol. The first-order chi connectivity index (χ1) is 33.7. The van der Waals surface area contributed by atoms with Crippen LogP contribution < -0.4 is 0 Å². The summed E-state index contributed by atoms with van der Waals surface area (Å²) in [4.78, 5) is 5.39. The molecule has 0 N–H and O–H groups in total. The van der Waals surface area contributed by atoms with Crippen LogP contribution in [0.5, 0.6) is 0 Å². The van der Waals surface area contributed by atoms with Crippen LogP contribution in [0.1, 0.15) is 0 Å². The number of rotatable bonds is 8. The van der Waals surface area contributed by atoms with Crippen molar-refractivity contribution < 1.29 is 0 Å². The summed E-state index contributed by atoms with van der Waals surface area (Å²) >= 11 is 0. The zero-order valence-electron chi connectivity index (χ0n) is 37.2. The molecule has 0 saturated heterocycles. The van der Waals surface area contributed by atoms with Crippen molar-refractivity contribution >= 4 is 43.6 Å². The van der Waals surface area contributed by atoms with Crippen LogP contribution in [0.4, 0.5) is 0 Å². The van der Waals surface area contributed by atoms with E-state index in [-0.39, 0.29) is 0 Å². The lowest BCUT2D eigenvalue weighted by molar-refractivity contribution is 1.18. The normalized spacial score (nSPS) is 11.5. The molecule has 10 aromatic carbocycles. The quantitative estimate of drug-likeness (QED) is 0.149. The Bertz CT molecular complexity index is 3680. The lowest BCUT2D eigenvalue weighted by Gasteiger charge is -2.13. The van der Waals surface area contributed by atoms with Gasteiger partial charge in [-0.05, 0) is 111 Å². The van der Waals surface area contributed by atoms with Crippen molar-refractivity contribution in [3.05, 3.63) is 261 Å². The molecule has 0 spiro atoms. The minimum atomic E-state index is 0.927. The van der Waals surface area contributed by atoms with E-state index in [9.17, 15) is 0 Å². The van der Waals surface area contributed by atoms with Crippen LogP contribution >= 0.6 is 0 Å². The van der Waals surface area contributed by atoms with E-state index in [0.717, 1.165) is 67.3 Å². The van der Waals surface area contributed by atoms with E-state index in [0.29, 0.717) is 0 Å². The Hall–Kier alpha value is -9.05. The van der Waals surface area contributed by atoms with E-state index in [4.69, 9.17) is 4.98 Å². The number of para-hydroxylation sites is 4. The first-order valence-corrected chi connectivity index (χ1v) is 23.3. The van der Waals surface area contributed by atoms with Gasteiger partial charge in [0.1, 0.15) is 0 Å². The van der Waals surface area contributed by atoms with Crippen LogP contribution in [0.3, 0.4) is 0 Å². The Morgan fingerprint density at radius 3 is 0.941 bits per heavy atom. The molecule has 0 unspecified atom stereocenters. The molecule has 13 rings (SSSR count). The lowest BCUT2D eigenvalue weighted by atomic mass is 9.95. The molecule has 3 aromatic heterocycles. The third kappa shape index (κ3) is 6.88. The van der Waals surface area contributed by atoms with Crippen LogP contribution in [0.2, 0.25) is 0 Å². The number of pyridine rings is 1. The topological polar surface area (TPSA) is 22.8 Å². The highest BCUT2D eigenvalue weighted by atomic mass is 15.0. The van der Waals surface area contributed by atoms with Gasteiger partial charge in [0.25, 0.3) is 0 Å². The molecular weight excluding hydrogens is 823 g/mol. The molecule has 0 radical (unpaired) electrons. The second-order valence-electron chi connectivity index (χ2n) is 17.6. The second-order valence-corrected chi connectivity index (χ2v) is 17.6. The van der Waals surface area contributed by atoms with Gasteiger partial charge in [-0.25, -0.2) is 4.98 Å². The van der Waals surface area contributed by atoms with Gasteiger partial charge in [-0.2, -0.15) is 0 Å². The Labute approximate surface area is 395 Å². The van der Waals surface area contributed by atoms with Crippen molar-refractivity contribution in [2.24, 2.45) is 0 Å². The van der Waals surface area contributed by atoms with E-state index >= 15 is 0 Å². The lowest BCUT2D eigenvalue weighted by Crippen LogP contribution is -1.94. The zero-order valence-corrected chi connectivity index (χ0v) is 37.2. The van der Waals surface area contributed by atoms with Gasteiger partial charge in [-0.15, -0.1) is 0 Å². The SMILES string of the molecule is c1ccc(-c2cccc(-c3cc(-c4ccc(-c5cccc(-n6c7ccccc7c7ccccc76)c5)cc4)nc(-c4ccc(-c5cccc(-n6c7ccccc7c7ccccc76)c5)cc4)c3)c2)cc1. The molecule has 3 heterocycles. The Balaban J connectivity index is 0.868. The molecule has 0 bridgehead atoms. The molecule has 3 heteroatoms. The summed E-state index contributed by atoms with van der Waals surface area (Å²) in [5.74, 6) is 0. The predicted octanol–water partition coefficient (Wildman–Crippen LogP) is 17.3. The maximum absolute atomic E-state index is 5.39. The maximum Gasteiger partial charge on any atom is 0.0715 e. The van der Waals surface area contributed by atoms with E-state index in [1.54, 1.807) is 0 Å². The van der Waals surface area contributed by atoms with Crippen molar-refractivity contribution in [2.75, 3.05) is 0 Å². The van der Waals surface area contributed by atoms with Gasteiger partial charge in [0, 0.05) is 44.0 Å². The third-order valence-corrected chi connectivity index (χ3v) is 13.5. The fourth-order valence-electron chi connectivity index (χ4n) is 10.2. The van der Waals surface area contributed by atoms with E-state index in [2.05, 4.69) is 270 Å². The fourth-order valence-corrected chi connectivity index (χ4v) is 10.2. The highest BCUT2D eigenvalue weighted by Crippen LogP contribution is 2.38. The van der Waals surface area contributed by atoms with Gasteiger partial charge in [-0.1, -0.05) is 194 Å². The molecular formula is C65H43N3. The standard InChI is InChI=1S/C65H43N3/c1-2-15-44(16-3-1)49-17-12-18-50(39-49)53-42-60(47-35-31-45(32-36-47)51-19-13-21-54(40-51)67-62-27-8-4-23-56(62)57-24-5-9-28-63(57)67)66-61(43-53)48-37-33-46(34-38-48)52-20-14-22-55(41-52)68-64-29-10-6-25-58(64)59-26-7-11-30-65(59)68/h1-43H. The molecule has 0 saturated carbocycles. The summed E-state index contributed by atoms with van der Waals surface area (Å²) in [6, 6.07) is 94.1. The average Bonchev–Trinajstić information content (AvgIpc) is 3.94. The van der Waals surface area contributed by atoms with Gasteiger partial charge in [0.05, 0.1) is 33.5 Å². The molecule has 68 heavy (non-hydrogen) atoms. The Kier molecular flexibility index (Phi) is 9.50. The average molecular weight is 866 g/mol. The minimum absolute atomic E-state index is 0.927. The molecule has 13 aromatic rings. The largest absolute Gasteiger partial charge is 0.309 e. The van der Waals surface area contributed by atoms with Gasteiger partial charge in [0.2, 0.25) is 0 Å². The van der Waals surface area contributed by atoms with Crippen molar-refractivity contribution in [3.63, 3.8) is 0 Å². The fraction of sp³-hybridized carbons (Fsp3) is 0. The smallest absolute Gasteiger partial charge is 0.0715 e. The molecule has 318 valence electrons. The van der Waals surface area contributed by atoms with Crippen molar-refractivity contribution in [3.8, 4) is 78.4 Å². The molecule has 0 aliphatic heterocycles. The molecule has 0 aliphatic rings. The summed E-state index contributed by atoms with van der Waals surface area (Å²) in [5, 5.41) is 5.04. The summed E-state index contributed by atoms with van der Waals surface area (Å²) in [6.07, 6.45) is 0. The van der Waals surface area contributed by atoms with Crippen molar-refractivity contribution in [1.82, 2.24) is 14.1 Å². The highest BCUT2D eigenvalue weighted by Gasteiger charge is 2.16. The van der Waals surface area contributed by atoms with Crippen molar-refractivity contribution in [1.29, 1.82) is 0 Å². The number of aromatic nitrogens is 3. The first-order valence-electron chi connectivity index (χ1n) is 23.3.